The molecule has 1 spiro atoms. The lowest BCUT2D eigenvalue weighted by molar-refractivity contribution is -0.144. The first-order chi connectivity index (χ1) is 15.9. The van der Waals surface area contributed by atoms with Crippen LogP contribution in [0.2, 0.25) is 0 Å². The van der Waals surface area contributed by atoms with Gasteiger partial charge in [0.1, 0.15) is 28.9 Å². The van der Waals surface area contributed by atoms with Gasteiger partial charge in [0.05, 0.1) is 5.56 Å². The van der Waals surface area contributed by atoms with Gasteiger partial charge in [-0.3, -0.25) is 15.1 Å². The molecule has 1 aliphatic heterocycles. The van der Waals surface area contributed by atoms with Crippen molar-refractivity contribution >= 4 is 17.9 Å². The lowest BCUT2D eigenvalue weighted by atomic mass is 9.72. The number of aliphatic hydroxyl groups is 1. The van der Waals surface area contributed by atoms with Crippen molar-refractivity contribution in [2.45, 2.75) is 36.9 Å². The number of carbonyl (C=O) groups excluding carboxylic acids is 2. The van der Waals surface area contributed by atoms with E-state index in [9.17, 15) is 19.1 Å². The summed E-state index contributed by atoms with van der Waals surface area (Å²) < 4.78 is 28.2. The fourth-order valence-corrected chi connectivity index (χ4v) is 4.39. The van der Waals surface area contributed by atoms with Crippen LogP contribution in [0.15, 0.2) is 53.4 Å². The highest BCUT2D eigenvalue weighted by atomic mass is 19.1. The van der Waals surface area contributed by atoms with Gasteiger partial charge in [-0.25, -0.2) is 9.18 Å². The van der Waals surface area contributed by atoms with Crippen LogP contribution in [0.5, 0.6) is 5.75 Å². The second-order valence-corrected chi connectivity index (χ2v) is 8.11. The summed E-state index contributed by atoms with van der Waals surface area (Å²) in [5.41, 5.74) is -0.351. The van der Waals surface area contributed by atoms with Gasteiger partial charge in [0, 0.05) is 23.5 Å². The Balaban J connectivity index is 1.27. The minimum atomic E-state index is -1.67. The van der Waals surface area contributed by atoms with Crippen molar-refractivity contribution in [1.29, 1.82) is 0 Å². The fourth-order valence-electron chi connectivity index (χ4n) is 4.39. The number of esters is 1. The predicted octanol–water partition coefficient (Wildman–Crippen LogP) is 3.35. The smallest absolute Gasteiger partial charge is 0.341 e. The average Bonchev–Trinajstić information content (AvgIpc) is 3.40. The number of nitrogens with one attached hydrogen (secondary N) is 1. The van der Waals surface area contributed by atoms with Crippen LogP contribution in [0, 0.1) is 0 Å². The molecule has 0 atom stereocenters. The summed E-state index contributed by atoms with van der Waals surface area (Å²) in [6.07, 6.45) is 5.16. The molecule has 33 heavy (non-hydrogen) atoms. The van der Waals surface area contributed by atoms with Gasteiger partial charge in [0.15, 0.2) is 0 Å². The minimum absolute atomic E-state index is 0.0794. The van der Waals surface area contributed by atoms with E-state index in [1.165, 1.54) is 12.5 Å². The molecule has 1 amide bonds. The third kappa shape index (κ3) is 3.72. The average molecular weight is 453 g/mol. The van der Waals surface area contributed by atoms with Gasteiger partial charge in [-0.2, -0.15) is 4.98 Å². The van der Waals surface area contributed by atoms with E-state index in [1.54, 1.807) is 36.5 Å². The highest BCUT2D eigenvalue weighted by Crippen LogP contribution is 2.49. The van der Waals surface area contributed by atoms with Crippen LogP contribution < -0.4 is 10.1 Å². The van der Waals surface area contributed by atoms with Gasteiger partial charge >= 0.3 is 12.0 Å². The van der Waals surface area contributed by atoms with Crippen LogP contribution in [0.25, 0.3) is 11.3 Å². The Hall–Kier alpha value is -3.79. The number of halogens is 1. The van der Waals surface area contributed by atoms with E-state index in [4.69, 9.17) is 13.9 Å². The van der Waals surface area contributed by atoms with E-state index in [0.29, 0.717) is 22.6 Å². The van der Waals surface area contributed by atoms with Gasteiger partial charge < -0.3 is 19.0 Å². The topological polar surface area (TPSA) is 124 Å². The van der Waals surface area contributed by atoms with Gasteiger partial charge in [-0.1, -0.05) is 12.1 Å². The van der Waals surface area contributed by atoms with Crippen LogP contribution in [-0.4, -0.2) is 39.4 Å². The van der Waals surface area contributed by atoms with Crippen molar-refractivity contribution in [2.75, 3.05) is 12.2 Å². The van der Waals surface area contributed by atoms with E-state index < -0.39 is 29.9 Å². The largest absolute Gasteiger partial charge is 0.463 e. The van der Waals surface area contributed by atoms with Crippen LogP contribution in [0.1, 0.15) is 41.6 Å². The first-order valence-electron chi connectivity index (χ1n) is 10.4. The molecule has 2 N–H and O–H groups in total. The molecule has 2 aromatic heterocycles. The number of aromatic nitrogens is 2. The van der Waals surface area contributed by atoms with Gasteiger partial charge in [0.2, 0.25) is 6.86 Å². The number of oxazole rings is 1. The molecule has 0 radical (unpaired) electrons. The lowest BCUT2D eigenvalue weighted by Gasteiger charge is -2.40. The molecule has 0 saturated heterocycles. The zero-order chi connectivity index (χ0) is 23.1. The SMILES string of the molecule is O=C1OC2(CCC(O)(C(=O)Nc3nc(-c4cccc(OCF)c4)co3)CC2)c2ccncc21. The number of amides is 1. The van der Waals surface area contributed by atoms with Crippen LogP contribution >= 0.6 is 0 Å². The Kier molecular flexibility index (Phi) is 5.09. The Morgan fingerprint density at radius 1 is 1.24 bits per heavy atom. The molecular formula is C23H20FN3O6. The number of hydrogen-bond acceptors (Lipinski definition) is 8. The second-order valence-electron chi connectivity index (χ2n) is 8.11. The van der Waals surface area contributed by atoms with E-state index in [-0.39, 0.29) is 31.7 Å². The summed E-state index contributed by atoms with van der Waals surface area (Å²) >= 11 is 0. The number of ether oxygens (including phenoxy) is 2. The predicted molar refractivity (Wildman–Crippen MR) is 112 cm³/mol. The first-order valence-corrected chi connectivity index (χ1v) is 10.4. The first kappa shape index (κ1) is 21.1. The molecule has 170 valence electrons. The highest BCUT2D eigenvalue weighted by Gasteiger charge is 2.53. The van der Waals surface area contributed by atoms with Crippen molar-refractivity contribution in [1.82, 2.24) is 9.97 Å². The summed E-state index contributed by atoms with van der Waals surface area (Å²) in [4.78, 5) is 33.2. The summed E-state index contributed by atoms with van der Waals surface area (Å²) in [6, 6.07) is 8.27. The molecule has 5 rings (SSSR count). The maximum Gasteiger partial charge on any atom is 0.341 e. The number of carbonyl (C=O) groups is 2. The van der Waals surface area contributed by atoms with Crippen molar-refractivity contribution in [3.63, 3.8) is 0 Å². The standard InChI is InChI=1S/C23H20FN3O6/c24-13-32-15-3-1-2-14(10-15)18-12-31-21(26-18)27-20(29)22(30)5-7-23(8-6-22)17-4-9-25-11-16(17)19(28)33-23/h1-4,9-12,30H,5-8,13H2,(H,26,27,29). The molecule has 1 saturated carbocycles. The maximum atomic E-state index is 12.8. The number of hydrogen-bond donors (Lipinski definition) is 2. The summed E-state index contributed by atoms with van der Waals surface area (Å²) in [7, 11) is 0. The molecule has 1 aliphatic carbocycles. The fraction of sp³-hybridized carbons (Fsp3) is 0.304. The van der Waals surface area contributed by atoms with Crippen molar-refractivity contribution in [3.8, 4) is 17.0 Å². The van der Waals surface area contributed by atoms with Crippen molar-refractivity contribution in [3.05, 3.63) is 60.1 Å². The molecule has 2 aliphatic rings. The second kappa shape index (κ2) is 7.96. The number of nitrogens with zero attached hydrogens (tertiary/aromatic N) is 2. The normalized spacial score (nSPS) is 23.8. The monoisotopic (exact) mass is 453 g/mol. The number of pyridine rings is 1. The number of fused-ring (bicyclic) bond motifs is 2. The molecule has 3 aromatic rings. The molecule has 9 nitrogen and oxygen atoms in total. The number of anilines is 1. The number of benzene rings is 1. The molecule has 1 aromatic carbocycles. The van der Waals surface area contributed by atoms with E-state index in [0.717, 1.165) is 5.56 Å². The number of alkyl halides is 1. The molecule has 1 fully saturated rings. The third-order valence-electron chi connectivity index (χ3n) is 6.20. The molecule has 0 unspecified atom stereocenters. The summed E-state index contributed by atoms with van der Waals surface area (Å²) in [5.74, 6) is -0.764. The third-order valence-corrected chi connectivity index (χ3v) is 6.20. The van der Waals surface area contributed by atoms with Crippen molar-refractivity contribution < 1.29 is 33.0 Å². The quantitative estimate of drug-likeness (QED) is 0.564. The zero-order valence-corrected chi connectivity index (χ0v) is 17.4. The minimum Gasteiger partial charge on any atom is -0.463 e. The van der Waals surface area contributed by atoms with E-state index in [1.807, 2.05) is 0 Å². The van der Waals surface area contributed by atoms with Gasteiger partial charge in [-0.15, -0.1) is 0 Å². The lowest BCUT2D eigenvalue weighted by Crippen LogP contribution is -2.49. The van der Waals surface area contributed by atoms with E-state index in [2.05, 4.69) is 15.3 Å². The Morgan fingerprint density at radius 2 is 2.06 bits per heavy atom. The number of rotatable bonds is 5. The Morgan fingerprint density at radius 3 is 2.85 bits per heavy atom. The van der Waals surface area contributed by atoms with Gasteiger partial charge in [-0.05, 0) is 43.9 Å². The van der Waals surface area contributed by atoms with Crippen LogP contribution in [0.4, 0.5) is 10.4 Å². The Bertz CT molecular complexity index is 1220. The zero-order valence-electron chi connectivity index (χ0n) is 17.4. The van der Waals surface area contributed by atoms with Gasteiger partial charge in [0.25, 0.3) is 5.91 Å². The van der Waals surface area contributed by atoms with Crippen molar-refractivity contribution in [2.24, 2.45) is 0 Å². The van der Waals surface area contributed by atoms with E-state index >= 15 is 0 Å². The van der Waals surface area contributed by atoms with Crippen LogP contribution in [0.3, 0.4) is 0 Å². The molecule has 0 bridgehead atoms. The summed E-state index contributed by atoms with van der Waals surface area (Å²) in [5, 5.41) is 13.5. The highest BCUT2D eigenvalue weighted by molar-refractivity contribution is 5.96. The molecule has 3 heterocycles. The molecular weight excluding hydrogens is 433 g/mol. The maximum absolute atomic E-state index is 12.8. The Labute approximate surface area is 187 Å². The van der Waals surface area contributed by atoms with Crippen LogP contribution in [-0.2, 0) is 15.1 Å². The summed E-state index contributed by atoms with van der Waals surface area (Å²) in [6.45, 7) is -0.953. The molecule has 10 heteroatoms.